The van der Waals surface area contributed by atoms with Gasteiger partial charge in [0.05, 0.1) is 15.2 Å². The van der Waals surface area contributed by atoms with Crippen LogP contribution in [0.15, 0.2) is 12.1 Å². The average Bonchev–Trinajstić information content (AvgIpc) is 3.25. The number of benzene rings is 1. The number of amides is 3. The van der Waals surface area contributed by atoms with Crippen molar-refractivity contribution in [3.05, 3.63) is 22.7 Å². The number of hydrogen-bond donors (Lipinski definition) is 0. The predicted molar refractivity (Wildman–Crippen MR) is 104 cm³/mol. The number of carbonyl (C=O) groups excluding carboxylic acids is 3. The minimum Gasteiger partial charge on any atom is -0.345 e. The Morgan fingerprint density at radius 3 is 2.44 bits per heavy atom. The molecule has 0 spiro atoms. The van der Waals surface area contributed by atoms with E-state index in [0.717, 1.165) is 25.8 Å². The lowest BCUT2D eigenvalue weighted by molar-refractivity contribution is -0.145. The van der Waals surface area contributed by atoms with Crippen LogP contribution in [-0.4, -0.2) is 65.2 Å². The van der Waals surface area contributed by atoms with Gasteiger partial charge in [0, 0.05) is 39.0 Å². The molecule has 0 radical (unpaired) electrons. The largest absolute Gasteiger partial charge is 0.345 e. The quantitative estimate of drug-likeness (QED) is 0.729. The summed E-state index contributed by atoms with van der Waals surface area (Å²) in [4.78, 5) is 45.5. The molecule has 1 aromatic carbocycles. The Morgan fingerprint density at radius 1 is 1.15 bits per heavy atom. The molecule has 2 aliphatic rings. The van der Waals surface area contributed by atoms with Gasteiger partial charge in [0.1, 0.15) is 6.54 Å². The minimum atomic E-state index is -0.256. The number of halogens is 1. The number of rotatable bonds is 3. The Kier molecular flexibility index (Phi) is 4.77. The van der Waals surface area contributed by atoms with Crippen LogP contribution in [0.2, 0.25) is 5.02 Å². The molecule has 3 heterocycles. The van der Waals surface area contributed by atoms with Crippen molar-refractivity contribution >= 4 is 56.0 Å². The molecule has 0 unspecified atom stereocenters. The van der Waals surface area contributed by atoms with Crippen LogP contribution >= 0.6 is 22.9 Å². The van der Waals surface area contributed by atoms with E-state index in [1.165, 1.54) is 0 Å². The van der Waals surface area contributed by atoms with Crippen LogP contribution in [-0.2, 0) is 14.4 Å². The number of nitrogens with zero attached hydrogens (tertiary/aromatic N) is 4. The molecule has 2 saturated heterocycles. The zero-order chi connectivity index (χ0) is 19.1. The van der Waals surface area contributed by atoms with Gasteiger partial charge in [-0.15, -0.1) is 0 Å². The van der Waals surface area contributed by atoms with Crippen molar-refractivity contribution in [1.82, 2.24) is 14.8 Å². The highest BCUT2D eigenvalue weighted by Gasteiger charge is 2.32. The molecule has 142 valence electrons. The first-order valence-electron chi connectivity index (χ1n) is 8.85. The van der Waals surface area contributed by atoms with Crippen LogP contribution in [0, 0.1) is 6.92 Å². The number of aryl methyl sites for hydroxylation is 1. The summed E-state index contributed by atoms with van der Waals surface area (Å²) in [6.45, 7) is 4.26. The summed E-state index contributed by atoms with van der Waals surface area (Å²) in [6.07, 6.45) is 0.416. The van der Waals surface area contributed by atoms with E-state index in [1.807, 2.05) is 19.1 Å². The van der Waals surface area contributed by atoms with Crippen molar-refractivity contribution in [2.24, 2.45) is 0 Å². The fraction of sp³-hybridized carbons (Fsp3) is 0.444. The summed E-state index contributed by atoms with van der Waals surface area (Å²) in [5, 5.41) is 1.60. The lowest BCUT2D eigenvalue weighted by Gasteiger charge is -2.35. The zero-order valence-electron chi connectivity index (χ0n) is 14.9. The third-order valence-corrected chi connectivity index (χ3v) is 6.61. The molecule has 7 nitrogen and oxygen atoms in total. The molecule has 0 aliphatic carbocycles. The van der Waals surface area contributed by atoms with E-state index in [9.17, 15) is 14.4 Å². The lowest BCUT2D eigenvalue weighted by Crippen LogP contribution is -2.51. The second-order valence-corrected chi connectivity index (χ2v) is 8.16. The van der Waals surface area contributed by atoms with Gasteiger partial charge in [-0.25, -0.2) is 4.98 Å². The lowest BCUT2D eigenvalue weighted by atomic mass is 10.2. The monoisotopic (exact) mass is 406 g/mol. The van der Waals surface area contributed by atoms with Crippen molar-refractivity contribution in [3.63, 3.8) is 0 Å². The van der Waals surface area contributed by atoms with Gasteiger partial charge in [-0.3, -0.25) is 19.3 Å². The van der Waals surface area contributed by atoms with Crippen molar-refractivity contribution in [3.8, 4) is 0 Å². The maximum absolute atomic E-state index is 12.4. The van der Waals surface area contributed by atoms with Gasteiger partial charge in [0.25, 0.3) is 0 Å². The first kappa shape index (κ1) is 18.2. The number of carbonyl (C=O) groups is 3. The van der Waals surface area contributed by atoms with E-state index >= 15 is 0 Å². The molecule has 9 heteroatoms. The average molecular weight is 407 g/mol. The number of fused-ring (bicyclic) bond motifs is 1. The number of anilines is 1. The van der Waals surface area contributed by atoms with E-state index in [-0.39, 0.29) is 37.1 Å². The molecule has 2 aromatic rings. The minimum absolute atomic E-state index is 0.145. The molecule has 0 saturated carbocycles. The molecule has 4 rings (SSSR count). The first-order chi connectivity index (χ1) is 12.9. The van der Waals surface area contributed by atoms with Crippen LogP contribution in [0.3, 0.4) is 0 Å². The molecular weight excluding hydrogens is 388 g/mol. The highest BCUT2D eigenvalue weighted by atomic mass is 35.5. The fourth-order valence-corrected chi connectivity index (χ4v) is 4.78. The number of piperazine rings is 1. The summed E-state index contributed by atoms with van der Waals surface area (Å²) in [5.74, 6) is -0.691. The standard InChI is InChI=1S/C18H19ClN4O3S/c1-11-2-3-12(19)17-16(11)20-18(27-17)22-8-6-21(7-9-22)15(26)10-23-13(24)4-5-14(23)25/h2-3H,4-10H2,1H3. The van der Waals surface area contributed by atoms with Gasteiger partial charge in [-0.2, -0.15) is 0 Å². The molecule has 0 atom stereocenters. The van der Waals surface area contributed by atoms with Gasteiger partial charge in [-0.05, 0) is 18.6 Å². The Balaban J connectivity index is 1.41. The molecule has 1 aromatic heterocycles. The van der Waals surface area contributed by atoms with E-state index in [2.05, 4.69) is 4.90 Å². The summed E-state index contributed by atoms with van der Waals surface area (Å²) in [7, 11) is 0. The van der Waals surface area contributed by atoms with Crippen molar-refractivity contribution < 1.29 is 14.4 Å². The maximum atomic E-state index is 12.4. The number of aromatic nitrogens is 1. The second-order valence-electron chi connectivity index (χ2n) is 6.78. The normalized spacial score (nSPS) is 18.1. The smallest absolute Gasteiger partial charge is 0.242 e. The Labute approximate surface area is 165 Å². The predicted octanol–water partition coefficient (Wildman–Crippen LogP) is 2.06. The van der Waals surface area contributed by atoms with Gasteiger partial charge >= 0.3 is 0 Å². The van der Waals surface area contributed by atoms with E-state index in [4.69, 9.17) is 16.6 Å². The molecule has 0 N–H and O–H groups in total. The zero-order valence-corrected chi connectivity index (χ0v) is 16.5. The van der Waals surface area contributed by atoms with E-state index in [1.54, 1.807) is 16.2 Å². The van der Waals surface area contributed by atoms with Gasteiger partial charge in [0.15, 0.2) is 5.13 Å². The van der Waals surface area contributed by atoms with Crippen LogP contribution in [0.5, 0.6) is 0 Å². The number of hydrogen-bond acceptors (Lipinski definition) is 6. The topological polar surface area (TPSA) is 73.8 Å². The summed E-state index contributed by atoms with van der Waals surface area (Å²) in [5.41, 5.74) is 2.01. The van der Waals surface area contributed by atoms with Gasteiger partial charge in [-0.1, -0.05) is 29.0 Å². The number of imide groups is 1. The van der Waals surface area contributed by atoms with Crippen LogP contribution < -0.4 is 4.90 Å². The second kappa shape index (κ2) is 7.09. The highest BCUT2D eigenvalue weighted by Crippen LogP contribution is 2.35. The molecule has 0 bridgehead atoms. The Hall–Kier alpha value is -2.19. The van der Waals surface area contributed by atoms with E-state index in [0.29, 0.717) is 31.2 Å². The molecule has 3 amide bonds. The highest BCUT2D eigenvalue weighted by molar-refractivity contribution is 7.22. The number of thiazole rings is 1. The molecule has 27 heavy (non-hydrogen) atoms. The Morgan fingerprint density at radius 2 is 1.81 bits per heavy atom. The maximum Gasteiger partial charge on any atom is 0.242 e. The van der Waals surface area contributed by atoms with Gasteiger partial charge < -0.3 is 9.80 Å². The SMILES string of the molecule is Cc1ccc(Cl)c2sc(N3CCN(C(=O)CN4C(=O)CCC4=O)CC3)nc12. The summed E-state index contributed by atoms with van der Waals surface area (Å²) >= 11 is 7.85. The molecular formula is C18H19ClN4O3S. The van der Waals surface area contributed by atoms with Crippen LogP contribution in [0.1, 0.15) is 18.4 Å². The third kappa shape index (κ3) is 3.39. The Bertz CT molecular complexity index is 881. The van der Waals surface area contributed by atoms with Crippen LogP contribution in [0.4, 0.5) is 5.13 Å². The van der Waals surface area contributed by atoms with Crippen molar-refractivity contribution in [1.29, 1.82) is 0 Å². The van der Waals surface area contributed by atoms with Gasteiger partial charge in [0.2, 0.25) is 17.7 Å². The number of likely N-dealkylation sites (tertiary alicyclic amines) is 1. The summed E-state index contributed by atoms with van der Waals surface area (Å²) < 4.78 is 0.983. The third-order valence-electron chi connectivity index (χ3n) is 5.04. The summed E-state index contributed by atoms with van der Waals surface area (Å²) in [6, 6.07) is 3.85. The first-order valence-corrected chi connectivity index (χ1v) is 10.0. The van der Waals surface area contributed by atoms with Crippen molar-refractivity contribution in [2.45, 2.75) is 19.8 Å². The molecule has 2 aliphatic heterocycles. The van der Waals surface area contributed by atoms with Crippen molar-refractivity contribution in [2.75, 3.05) is 37.6 Å². The molecule has 2 fully saturated rings. The van der Waals surface area contributed by atoms with Crippen LogP contribution in [0.25, 0.3) is 10.2 Å². The fourth-order valence-electron chi connectivity index (χ4n) is 3.41. The van der Waals surface area contributed by atoms with E-state index < -0.39 is 0 Å².